The average molecular weight is 196 g/mol. The molecule has 2 rings (SSSR count). The molecule has 0 fully saturated rings. The third-order valence-corrected chi connectivity index (χ3v) is 5.10. The molecule has 0 amide bonds. The van der Waals surface area contributed by atoms with Crippen molar-refractivity contribution < 1.29 is 20.3 Å². The molecule has 0 bridgehead atoms. The number of hydrogen-bond acceptors (Lipinski definition) is 0. The van der Waals surface area contributed by atoms with Crippen LogP contribution in [0.5, 0.6) is 0 Å². The van der Waals surface area contributed by atoms with Crippen LogP contribution in [-0.2, 0) is 0 Å². The van der Waals surface area contributed by atoms with Crippen LogP contribution in [0, 0.1) is 0 Å². The molecule has 1 aromatic rings. The maximum absolute atomic E-state index is 2.43. The zero-order chi connectivity index (χ0) is 9.47. The Labute approximate surface area is 101 Å². The summed E-state index contributed by atoms with van der Waals surface area (Å²) in [6.07, 6.45) is 4.66. The predicted octanol–water partition coefficient (Wildman–Crippen LogP) is 0.791. The fourth-order valence-corrected chi connectivity index (χ4v) is 3.87. The first-order valence-corrected chi connectivity index (χ1v) is 8.44. The topological polar surface area (TPSA) is 0 Å². The zero-order valence-corrected chi connectivity index (χ0v) is 10.5. The summed E-state index contributed by atoms with van der Waals surface area (Å²) < 4.78 is 0. The van der Waals surface area contributed by atoms with E-state index < -0.39 is 8.07 Å². The molecular weight excluding hydrogens is 179 g/mol. The van der Waals surface area contributed by atoms with Crippen molar-refractivity contribution in [2.24, 2.45) is 0 Å². The molecule has 0 saturated carbocycles. The van der Waals surface area contributed by atoms with Crippen molar-refractivity contribution in [2.75, 3.05) is 0 Å². The zero-order valence-electron chi connectivity index (χ0n) is 10.5. The molecule has 0 aromatic heterocycles. The molecular formula is C12H17LiSi. The molecule has 0 saturated heterocycles. The minimum atomic E-state index is -1.06. The molecule has 0 heterocycles. The van der Waals surface area contributed by atoms with Crippen molar-refractivity contribution >= 4 is 14.1 Å². The van der Waals surface area contributed by atoms with Gasteiger partial charge in [0.2, 0.25) is 0 Å². The Morgan fingerprint density at radius 2 is 1.79 bits per heavy atom. The first-order chi connectivity index (χ1) is 6.09. The van der Waals surface area contributed by atoms with Gasteiger partial charge in [-0.05, 0) is 16.7 Å². The maximum Gasteiger partial charge on any atom is 1.00 e. The van der Waals surface area contributed by atoms with E-state index in [-0.39, 0.29) is 20.3 Å². The molecule has 70 valence electrons. The van der Waals surface area contributed by atoms with Crippen LogP contribution in [0.1, 0.15) is 18.1 Å². The molecule has 0 aliphatic heterocycles. The van der Waals surface area contributed by atoms with Gasteiger partial charge in [0.05, 0.1) is 8.07 Å². The van der Waals surface area contributed by atoms with Crippen molar-refractivity contribution in [1.29, 1.82) is 0 Å². The van der Waals surface area contributed by atoms with Crippen molar-refractivity contribution in [1.82, 2.24) is 0 Å². The minimum Gasteiger partial charge on any atom is -1.00 e. The molecule has 1 aromatic carbocycles. The quantitative estimate of drug-likeness (QED) is 0.583. The van der Waals surface area contributed by atoms with Crippen LogP contribution in [0.25, 0.3) is 6.08 Å². The Hall–Kier alpha value is -0.226. The molecule has 0 N–H and O–H groups in total. The fourth-order valence-electron chi connectivity index (χ4n) is 2.00. The van der Waals surface area contributed by atoms with Crippen LogP contribution in [0.15, 0.2) is 30.3 Å². The normalized spacial score (nSPS) is 18.9. The van der Waals surface area contributed by atoms with Gasteiger partial charge in [-0.3, -0.25) is 0 Å². The Bertz CT molecular complexity index is 355. The summed E-state index contributed by atoms with van der Waals surface area (Å²) >= 11 is 0. The van der Waals surface area contributed by atoms with Gasteiger partial charge in [0, 0.05) is 0 Å². The monoisotopic (exact) mass is 196 g/mol. The number of hydrogen-bond donors (Lipinski definition) is 0. The van der Waals surface area contributed by atoms with Crippen LogP contribution >= 0.6 is 0 Å². The Morgan fingerprint density at radius 3 is 2.43 bits per heavy atom. The molecule has 14 heavy (non-hydrogen) atoms. The predicted molar refractivity (Wildman–Crippen MR) is 62.7 cm³/mol. The fraction of sp³-hybridized carbons (Fsp3) is 0.333. The van der Waals surface area contributed by atoms with E-state index in [1.54, 1.807) is 5.56 Å². The second-order valence-electron chi connectivity index (χ2n) is 4.83. The van der Waals surface area contributed by atoms with E-state index in [0.717, 1.165) is 5.54 Å². The van der Waals surface area contributed by atoms with Crippen molar-refractivity contribution in [2.45, 2.75) is 25.2 Å². The molecule has 0 spiro atoms. The first-order valence-electron chi connectivity index (χ1n) is 4.86. The second-order valence-corrected chi connectivity index (χ2v) is 10.2. The number of benzene rings is 1. The van der Waals surface area contributed by atoms with E-state index in [9.17, 15) is 0 Å². The van der Waals surface area contributed by atoms with E-state index in [4.69, 9.17) is 0 Å². The van der Waals surface area contributed by atoms with Crippen LogP contribution in [-0.4, -0.2) is 8.07 Å². The van der Waals surface area contributed by atoms with Gasteiger partial charge in [-0.15, -0.1) is 0 Å². The van der Waals surface area contributed by atoms with Crippen molar-refractivity contribution in [3.05, 3.63) is 41.5 Å². The van der Waals surface area contributed by atoms with Crippen molar-refractivity contribution in [3.63, 3.8) is 0 Å². The molecule has 1 aliphatic carbocycles. The maximum atomic E-state index is 2.43. The Balaban J connectivity index is 0.000000980. The van der Waals surface area contributed by atoms with Crippen LogP contribution in [0.4, 0.5) is 0 Å². The summed E-state index contributed by atoms with van der Waals surface area (Å²) in [6, 6.07) is 8.76. The van der Waals surface area contributed by atoms with E-state index in [1.807, 2.05) is 0 Å². The molecule has 1 atom stereocenters. The van der Waals surface area contributed by atoms with Crippen LogP contribution in [0.2, 0.25) is 19.6 Å². The molecule has 1 aliphatic rings. The van der Waals surface area contributed by atoms with Gasteiger partial charge in [0.15, 0.2) is 0 Å². The number of fused-ring (bicyclic) bond motifs is 1. The Kier molecular flexibility index (Phi) is 3.47. The van der Waals surface area contributed by atoms with Gasteiger partial charge >= 0.3 is 18.9 Å². The smallest absolute Gasteiger partial charge is 1.00 e. The minimum absolute atomic E-state index is 0. The largest absolute Gasteiger partial charge is 1.00 e. The van der Waals surface area contributed by atoms with Crippen LogP contribution in [0.3, 0.4) is 0 Å². The standard InChI is InChI=1S/C12H16Si.Li.H/c1-13(2,3)12-9-8-10-6-4-5-7-11(10)12;;/h4-9,12H,1-3H3;;/q;+1;-1. The van der Waals surface area contributed by atoms with Gasteiger partial charge in [0.25, 0.3) is 0 Å². The van der Waals surface area contributed by atoms with Gasteiger partial charge < -0.3 is 1.43 Å². The van der Waals surface area contributed by atoms with E-state index >= 15 is 0 Å². The summed E-state index contributed by atoms with van der Waals surface area (Å²) in [4.78, 5) is 0. The SMILES string of the molecule is C[Si](C)(C)C1C=Cc2ccccc21.[H-].[Li+]. The van der Waals surface area contributed by atoms with Gasteiger partial charge in [-0.1, -0.05) is 56.1 Å². The third kappa shape index (κ3) is 2.06. The van der Waals surface area contributed by atoms with Crippen molar-refractivity contribution in [3.8, 4) is 0 Å². The average Bonchev–Trinajstić information content (AvgIpc) is 2.45. The first kappa shape index (κ1) is 11.8. The summed E-state index contributed by atoms with van der Waals surface area (Å²) in [5.74, 6) is 0. The second kappa shape index (κ2) is 4.10. The summed E-state index contributed by atoms with van der Waals surface area (Å²) in [7, 11) is -1.06. The third-order valence-electron chi connectivity index (χ3n) is 2.73. The molecule has 0 nitrogen and oxygen atoms in total. The summed E-state index contributed by atoms with van der Waals surface area (Å²) in [6.45, 7) is 7.30. The summed E-state index contributed by atoms with van der Waals surface area (Å²) in [5.41, 5.74) is 3.69. The molecule has 0 radical (unpaired) electrons. The van der Waals surface area contributed by atoms with E-state index in [1.165, 1.54) is 5.56 Å². The molecule has 2 heteroatoms. The number of allylic oxidation sites excluding steroid dienone is 1. The molecule has 1 unspecified atom stereocenters. The summed E-state index contributed by atoms with van der Waals surface area (Å²) in [5, 5.41) is 0. The van der Waals surface area contributed by atoms with Gasteiger partial charge in [0.1, 0.15) is 0 Å². The van der Waals surface area contributed by atoms with E-state index in [2.05, 4.69) is 56.1 Å². The van der Waals surface area contributed by atoms with Gasteiger partial charge in [-0.2, -0.15) is 0 Å². The van der Waals surface area contributed by atoms with Gasteiger partial charge in [-0.25, -0.2) is 0 Å². The van der Waals surface area contributed by atoms with Crippen LogP contribution < -0.4 is 18.9 Å². The number of rotatable bonds is 1. The Morgan fingerprint density at radius 1 is 1.14 bits per heavy atom. The van der Waals surface area contributed by atoms with E-state index in [0.29, 0.717) is 0 Å².